The van der Waals surface area contributed by atoms with E-state index in [-0.39, 0.29) is 29.5 Å². The molecule has 2 aliphatic rings. The zero-order valence-electron chi connectivity index (χ0n) is 19.7. The fraction of sp³-hybridized carbons (Fsp3) is 0.520. The first-order valence-corrected chi connectivity index (χ1v) is 11.5. The number of methoxy groups -OCH3 is 1. The van der Waals surface area contributed by atoms with Crippen LogP contribution < -0.4 is 15.2 Å². The van der Waals surface area contributed by atoms with E-state index >= 15 is 0 Å². The Morgan fingerprint density at radius 3 is 2.76 bits per heavy atom. The maximum atomic E-state index is 12.9. The molecule has 0 spiro atoms. The Kier molecular flexibility index (Phi) is 6.38. The van der Waals surface area contributed by atoms with Crippen molar-refractivity contribution in [1.29, 1.82) is 0 Å². The normalized spacial score (nSPS) is 18.2. The molecule has 0 amide bonds. The minimum atomic E-state index is -0.627. The Morgan fingerprint density at radius 1 is 1.24 bits per heavy atom. The maximum absolute atomic E-state index is 12.9. The summed E-state index contributed by atoms with van der Waals surface area (Å²) >= 11 is 0. The molecule has 3 heterocycles. The monoisotopic (exact) mass is 456 g/mol. The van der Waals surface area contributed by atoms with E-state index in [0.717, 1.165) is 30.4 Å². The topological polar surface area (TPSA) is 90.2 Å². The average molecular weight is 457 g/mol. The van der Waals surface area contributed by atoms with Gasteiger partial charge in [0, 0.05) is 38.0 Å². The second-order valence-corrected chi connectivity index (χ2v) is 9.17. The number of hydrogen-bond donors (Lipinski definition) is 1. The highest BCUT2D eigenvalue weighted by Crippen LogP contribution is 2.48. The number of rotatable bonds is 7. The minimum Gasteiger partial charge on any atom is -0.504 e. The molecular weight excluding hydrogens is 424 g/mol. The Balaban J connectivity index is 1.86. The molecule has 1 N–H and O–H groups in total. The summed E-state index contributed by atoms with van der Waals surface area (Å²) in [6.07, 6.45) is 5.22. The number of aromatic nitrogens is 1. The number of carbonyl (C=O) groups is 1. The van der Waals surface area contributed by atoms with Gasteiger partial charge in [-0.2, -0.15) is 0 Å². The number of carbonyl (C=O) groups excluding carboxylic acids is 1. The van der Waals surface area contributed by atoms with Crippen molar-refractivity contribution in [1.82, 2.24) is 4.68 Å². The lowest BCUT2D eigenvalue weighted by molar-refractivity contribution is 0.0523. The van der Waals surface area contributed by atoms with Gasteiger partial charge in [-0.3, -0.25) is 14.5 Å². The standard InChI is InChI=1S/C25H32N2O6/c1-5-32-24(30)18-15-26-20(14-21(18)28)16-12-22(29)23(33-11-7-10-31-4)13-17(16)19-8-6-9-25(2,3)27(19)26/h12-15,19,29H,5-11H2,1-4H3/t19-/m0/s1. The lowest BCUT2D eigenvalue weighted by Crippen LogP contribution is -2.57. The predicted octanol–water partition coefficient (Wildman–Crippen LogP) is 3.77. The van der Waals surface area contributed by atoms with Gasteiger partial charge in [-0.05, 0) is 57.7 Å². The van der Waals surface area contributed by atoms with Gasteiger partial charge in [-0.1, -0.05) is 0 Å². The molecule has 2 aromatic rings. The largest absolute Gasteiger partial charge is 0.504 e. The van der Waals surface area contributed by atoms with Crippen LogP contribution in [0.25, 0.3) is 11.3 Å². The van der Waals surface area contributed by atoms with Crippen molar-refractivity contribution in [2.24, 2.45) is 0 Å². The number of nitrogens with zero attached hydrogens (tertiary/aromatic N) is 2. The first kappa shape index (κ1) is 23.2. The number of fused-ring (bicyclic) bond motifs is 6. The highest BCUT2D eigenvalue weighted by atomic mass is 16.5. The number of benzene rings is 1. The van der Waals surface area contributed by atoms with E-state index in [4.69, 9.17) is 14.2 Å². The highest BCUT2D eigenvalue weighted by Gasteiger charge is 2.42. The lowest BCUT2D eigenvalue weighted by atomic mass is 9.82. The molecule has 1 fully saturated rings. The smallest absolute Gasteiger partial charge is 0.343 e. The van der Waals surface area contributed by atoms with E-state index in [2.05, 4.69) is 18.9 Å². The zero-order valence-corrected chi connectivity index (χ0v) is 19.7. The highest BCUT2D eigenvalue weighted by molar-refractivity contribution is 5.89. The van der Waals surface area contributed by atoms with Crippen molar-refractivity contribution in [3.8, 4) is 22.8 Å². The van der Waals surface area contributed by atoms with Crippen LogP contribution in [-0.2, 0) is 9.47 Å². The summed E-state index contributed by atoms with van der Waals surface area (Å²) < 4.78 is 17.9. The Morgan fingerprint density at radius 2 is 2.03 bits per heavy atom. The molecule has 0 unspecified atom stereocenters. The molecule has 8 heteroatoms. The summed E-state index contributed by atoms with van der Waals surface area (Å²) in [6.45, 7) is 7.25. The third-order valence-electron chi connectivity index (χ3n) is 6.46. The van der Waals surface area contributed by atoms with Crippen LogP contribution in [0.4, 0.5) is 0 Å². The molecule has 1 atom stereocenters. The maximum Gasteiger partial charge on any atom is 0.343 e. The number of piperidine rings is 1. The third kappa shape index (κ3) is 4.19. The van der Waals surface area contributed by atoms with E-state index in [1.165, 1.54) is 6.07 Å². The number of esters is 1. The minimum absolute atomic E-state index is 0.00601. The van der Waals surface area contributed by atoms with E-state index in [0.29, 0.717) is 31.1 Å². The van der Waals surface area contributed by atoms with Gasteiger partial charge in [0.25, 0.3) is 0 Å². The van der Waals surface area contributed by atoms with Crippen molar-refractivity contribution >= 4 is 5.97 Å². The van der Waals surface area contributed by atoms with Crippen LogP contribution >= 0.6 is 0 Å². The lowest BCUT2D eigenvalue weighted by Gasteiger charge is -2.53. The second-order valence-electron chi connectivity index (χ2n) is 9.17. The second kappa shape index (κ2) is 9.09. The Bertz CT molecular complexity index is 1110. The number of aromatic hydroxyl groups is 1. The zero-order chi connectivity index (χ0) is 23.8. The van der Waals surface area contributed by atoms with Crippen LogP contribution in [0.1, 0.15) is 68.4 Å². The fourth-order valence-corrected chi connectivity index (χ4v) is 4.96. The van der Waals surface area contributed by atoms with Crippen LogP contribution in [-0.4, -0.2) is 48.2 Å². The third-order valence-corrected chi connectivity index (χ3v) is 6.46. The summed E-state index contributed by atoms with van der Waals surface area (Å²) in [5.41, 5.74) is 1.79. The first-order valence-electron chi connectivity index (χ1n) is 11.5. The Labute approximate surface area is 193 Å². The van der Waals surface area contributed by atoms with Crippen LogP contribution in [0.5, 0.6) is 11.5 Å². The van der Waals surface area contributed by atoms with Gasteiger partial charge in [0.15, 0.2) is 16.9 Å². The molecule has 1 saturated heterocycles. The first-order chi connectivity index (χ1) is 15.8. The van der Waals surface area contributed by atoms with Crippen LogP contribution in [0.3, 0.4) is 0 Å². The molecule has 0 radical (unpaired) electrons. The molecule has 33 heavy (non-hydrogen) atoms. The predicted molar refractivity (Wildman–Crippen MR) is 125 cm³/mol. The van der Waals surface area contributed by atoms with E-state index < -0.39 is 11.4 Å². The summed E-state index contributed by atoms with van der Waals surface area (Å²) in [6, 6.07) is 5.03. The van der Waals surface area contributed by atoms with Gasteiger partial charge in [0.2, 0.25) is 0 Å². The fourth-order valence-electron chi connectivity index (χ4n) is 4.96. The molecule has 2 aliphatic heterocycles. The van der Waals surface area contributed by atoms with E-state index in [1.807, 2.05) is 10.7 Å². The van der Waals surface area contributed by atoms with Crippen molar-refractivity contribution < 1.29 is 24.1 Å². The molecule has 0 aliphatic carbocycles. The Hall–Kier alpha value is -3.00. The van der Waals surface area contributed by atoms with Crippen LogP contribution in [0, 0.1) is 0 Å². The molecule has 1 aromatic heterocycles. The SMILES string of the molecule is CCOC(=O)c1cn2c(cc1=O)-c1cc(O)c(OCCCOC)cc1[C@@H]1CCCC(C)(C)N12. The van der Waals surface area contributed by atoms with Crippen LogP contribution in [0.2, 0.25) is 0 Å². The van der Waals surface area contributed by atoms with E-state index in [9.17, 15) is 14.7 Å². The average Bonchev–Trinajstić information content (AvgIpc) is 2.76. The van der Waals surface area contributed by atoms with Crippen molar-refractivity contribution in [2.45, 2.75) is 58.0 Å². The molecule has 4 rings (SSSR count). The number of phenols is 1. The summed E-state index contributed by atoms with van der Waals surface area (Å²) in [5.74, 6) is -0.187. The summed E-state index contributed by atoms with van der Waals surface area (Å²) in [4.78, 5) is 25.3. The van der Waals surface area contributed by atoms with Crippen molar-refractivity contribution in [2.75, 3.05) is 31.9 Å². The number of pyridine rings is 1. The molecular formula is C25H32N2O6. The van der Waals surface area contributed by atoms with E-state index in [1.54, 1.807) is 26.3 Å². The molecule has 1 aromatic carbocycles. The quantitative estimate of drug-likeness (QED) is 0.501. The molecule has 178 valence electrons. The van der Waals surface area contributed by atoms with Gasteiger partial charge in [-0.15, -0.1) is 0 Å². The van der Waals surface area contributed by atoms with Gasteiger partial charge in [0.05, 0.1) is 30.5 Å². The van der Waals surface area contributed by atoms with Gasteiger partial charge in [0.1, 0.15) is 5.56 Å². The van der Waals surface area contributed by atoms with Gasteiger partial charge in [-0.25, -0.2) is 4.79 Å². The molecule has 0 saturated carbocycles. The van der Waals surface area contributed by atoms with Gasteiger partial charge < -0.3 is 19.3 Å². The van der Waals surface area contributed by atoms with Crippen molar-refractivity contribution in [3.63, 3.8) is 0 Å². The van der Waals surface area contributed by atoms with Crippen LogP contribution in [0.15, 0.2) is 29.2 Å². The number of hydrogen-bond acceptors (Lipinski definition) is 7. The van der Waals surface area contributed by atoms with Crippen molar-refractivity contribution in [3.05, 3.63) is 45.7 Å². The molecule has 8 nitrogen and oxygen atoms in total. The number of phenolic OH excluding ortho intramolecular Hbond substituents is 1. The summed E-state index contributed by atoms with van der Waals surface area (Å²) in [5, 5.41) is 12.9. The number of ether oxygens (including phenoxy) is 3. The summed E-state index contributed by atoms with van der Waals surface area (Å²) in [7, 11) is 1.64. The van der Waals surface area contributed by atoms with Gasteiger partial charge >= 0.3 is 5.97 Å². The molecule has 0 bridgehead atoms.